The van der Waals surface area contributed by atoms with Crippen molar-refractivity contribution in [1.29, 1.82) is 0 Å². The van der Waals surface area contributed by atoms with Crippen LogP contribution in [0.15, 0.2) is 48.5 Å². The van der Waals surface area contributed by atoms with E-state index in [9.17, 15) is 18.8 Å². The first-order valence-electron chi connectivity index (χ1n) is 8.24. The summed E-state index contributed by atoms with van der Waals surface area (Å²) in [5.74, 6) is -2.42. The second-order valence-corrected chi connectivity index (χ2v) is 6.49. The van der Waals surface area contributed by atoms with Gasteiger partial charge in [-0.3, -0.25) is 9.59 Å². The van der Waals surface area contributed by atoms with Crippen LogP contribution in [-0.4, -0.2) is 46.4 Å². The van der Waals surface area contributed by atoms with Gasteiger partial charge in [0, 0.05) is 24.1 Å². The number of amides is 1. The number of carbonyl (C=O) groups is 3. The summed E-state index contributed by atoms with van der Waals surface area (Å²) in [6, 6.07) is 13.3. The monoisotopic (exact) mass is 355 g/mol. The number of alkyl halides is 1. The van der Waals surface area contributed by atoms with Crippen LogP contribution in [-0.2, 0) is 4.79 Å². The molecule has 1 aliphatic rings. The number of nitrogens with zero attached hydrogens (tertiary/aromatic N) is 1. The molecule has 1 aliphatic heterocycles. The Bertz CT molecular complexity index is 878. The fourth-order valence-corrected chi connectivity index (χ4v) is 3.02. The number of rotatable bonds is 4. The van der Waals surface area contributed by atoms with Gasteiger partial charge in [0.1, 0.15) is 0 Å². The summed E-state index contributed by atoms with van der Waals surface area (Å²) in [4.78, 5) is 37.8. The molecule has 3 rings (SSSR count). The third-order valence-electron chi connectivity index (χ3n) is 4.61. The summed E-state index contributed by atoms with van der Waals surface area (Å²) in [5.41, 5.74) is -0.620. The zero-order chi connectivity index (χ0) is 18.9. The zero-order valence-corrected chi connectivity index (χ0v) is 14.2. The molecule has 1 fully saturated rings. The predicted molar refractivity (Wildman–Crippen MR) is 93.0 cm³/mol. The highest BCUT2D eigenvalue weighted by atomic mass is 19.1. The number of carbonyl (C=O) groups excluding carboxylic acids is 2. The minimum Gasteiger partial charge on any atom is -0.479 e. The van der Waals surface area contributed by atoms with Gasteiger partial charge < -0.3 is 10.0 Å². The Morgan fingerprint density at radius 2 is 1.65 bits per heavy atom. The molecule has 1 amide bonds. The summed E-state index contributed by atoms with van der Waals surface area (Å²) in [5, 5.41) is 8.99. The summed E-state index contributed by atoms with van der Waals surface area (Å²) in [7, 11) is 0. The van der Waals surface area contributed by atoms with Crippen molar-refractivity contribution >= 4 is 17.7 Å². The van der Waals surface area contributed by atoms with Gasteiger partial charge in [-0.15, -0.1) is 0 Å². The number of halogens is 1. The van der Waals surface area contributed by atoms with E-state index in [1.165, 1.54) is 6.07 Å². The smallest absolute Gasteiger partial charge is 0.343 e. The Morgan fingerprint density at radius 1 is 1.04 bits per heavy atom. The Morgan fingerprint density at radius 3 is 2.23 bits per heavy atom. The van der Waals surface area contributed by atoms with E-state index in [0.29, 0.717) is 5.56 Å². The van der Waals surface area contributed by atoms with E-state index in [1.54, 1.807) is 30.3 Å². The van der Waals surface area contributed by atoms with Crippen molar-refractivity contribution in [2.75, 3.05) is 13.1 Å². The van der Waals surface area contributed by atoms with E-state index in [-0.39, 0.29) is 29.9 Å². The minimum absolute atomic E-state index is 0.00527. The first-order valence-corrected chi connectivity index (χ1v) is 8.24. The molecule has 0 aliphatic carbocycles. The molecule has 134 valence electrons. The minimum atomic E-state index is -2.44. The maximum atomic E-state index is 14.3. The van der Waals surface area contributed by atoms with E-state index in [0.717, 1.165) is 10.5 Å². The van der Waals surface area contributed by atoms with Crippen molar-refractivity contribution in [3.8, 4) is 0 Å². The standard InChI is InChI=1S/C20H18FNO4/c1-13-6-8-14(9-7-13)17(23)15-4-2-3-5-16(15)18(24)22-11-10-20(21,12-22)19(25)26/h2-9H,10-12H2,1H3,(H,25,26). The third-order valence-corrected chi connectivity index (χ3v) is 4.61. The maximum absolute atomic E-state index is 14.3. The molecule has 1 saturated heterocycles. The van der Waals surface area contributed by atoms with Gasteiger partial charge in [-0.05, 0) is 13.0 Å². The fourth-order valence-electron chi connectivity index (χ4n) is 3.02. The van der Waals surface area contributed by atoms with Gasteiger partial charge in [0.2, 0.25) is 5.67 Å². The van der Waals surface area contributed by atoms with Gasteiger partial charge in [0.25, 0.3) is 5.91 Å². The number of hydrogen-bond acceptors (Lipinski definition) is 3. The number of carboxylic acid groups (broad SMARTS) is 1. The van der Waals surface area contributed by atoms with Crippen LogP contribution in [0.4, 0.5) is 4.39 Å². The van der Waals surface area contributed by atoms with Crippen LogP contribution < -0.4 is 0 Å². The number of aryl methyl sites for hydroxylation is 1. The highest BCUT2D eigenvalue weighted by molar-refractivity contribution is 6.15. The van der Waals surface area contributed by atoms with Crippen molar-refractivity contribution < 1.29 is 23.9 Å². The number of aliphatic carboxylic acids is 1. The van der Waals surface area contributed by atoms with E-state index in [1.807, 2.05) is 19.1 Å². The van der Waals surface area contributed by atoms with E-state index >= 15 is 0 Å². The van der Waals surface area contributed by atoms with Gasteiger partial charge in [-0.25, -0.2) is 9.18 Å². The molecule has 1 N–H and O–H groups in total. The van der Waals surface area contributed by atoms with Gasteiger partial charge in [0.05, 0.1) is 12.1 Å². The molecule has 26 heavy (non-hydrogen) atoms. The van der Waals surface area contributed by atoms with Gasteiger partial charge in [0.15, 0.2) is 5.78 Å². The van der Waals surface area contributed by atoms with Crippen LogP contribution in [0.3, 0.4) is 0 Å². The zero-order valence-electron chi connectivity index (χ0n) is 14.2. The SMILES string of the molecule is Cc1ccc(C(=O)c2ccccc2C(=O)N2CCC(F)(C(=O)O)C2)cc1. The van der Waals surface area contributed by atoms with E-state index in [2.05, 4.69) is 0 Å². The molecule has 1 atom stereocenters. The molecule has 2 aromatic rings. The lowest BCUT2D eigenvalue weighted by atomic mass is 9.97. The van der Waals surface area contributed by atoms with Crippen LogP contribution in [0.25, 0.3) is 0 Å². The van der Waals surface area contributed by atoms with Crippen LogP contribution >= 0.6 is 0 Å². The molecule has 6 heteroatoms. The van der Waals surface area contributed by atoms with E-state index < -0.39 is 24.1 Å². The first kappa shape index (κ1) is 17.8. The Labute approximate surface area is 150 Å². The van der Waals surface area contributed by atoms with Crippen molar-refractivity contribution in [2.24, 2.45) is 0 Å². The normalized spacial score (nSPS) is 19.4. The molecule has 0 bridgehead atoms. The van der Waals surface area contributed by atoms with Crippen LogP contribution in [0.1, 0.15) is 38.3 Å². The average Bonchev–Trinajstić information content (AvgIpc) is 3.05. The van der Waals surface area contributed by atoms with E-state index in [4.69, 9.17) is 5.11 Å². The Kier molecular flexibility index (Phi) is 4.59. The van der Waals surface area contributed by atoms with Gasteiger partial charge in [-0.2, -0.15) is 0 Å². The van der Waals surface area contributed by atoms with Gasteiger partial charge in [-0.1, -0.05) is 48.0 Å². The molecular formula is C20H18FNO4. The number of ketones is 1. The fraction of sp³-hybridized carbons (Fsp3) is 0.250. The highest BCUT2D eigenvalue weighted by Crippen LogP contribution is 2.28. The molecule has 1 unspecified atom stereocenters. The third kappa shape index (κ3) is 3.22. The number of benzene rings is 2. The molecule has 2 aromatic carbocycles. The summed E-state index contributed by atoms with van der Waals surface area (Å²) < 4.78 is 14.3. The summed E-state index contributed by atoms with van der Waals surface area (Å²) in [6.07, 6.45) is -0.262. The number of likely N-dealkylation sites (tertiary alicyclic amines) is 1. The molecule has 0 saturated carbocycles. The molecular weight excluding hydrogens is 337 g/mol. The molecule has 0 aromatic heterocycles. The average molecular weight is 355 g/mol. The second kappa shape index (κ2) is 6.71. The predicted octanol–water partition coefficient (Wildman–Crippen LogP) is 2.86. The number of hydrogen-bond donors (Lipinski definition) is 1. The lowest BCUT2D eigenvalue weighted by Crippen LogP contribution is -2.39. The summed E-state index contributed by atoms with van der Waals surface area (Å²) in [6.45, 7) is 1.38. The largest absolute Gasteiger partial charge is 0.479 e. The summed E-state index contributed by atoms with van der Waals surface area (Å²) >= 11 is 0. The second-order valence-electron chi connectivity index (χ2n) is 6.49. The molecule has 0 radical (unpaired) electrons. The van der Waals surface area contributed by atoms with Crippen LogP contribution in [0, 0.1) is 6.92 Å². The Hall–Kier alpha value is -3.02. The lowest BCUT2D eigenvalue weighted by Gasteiger charge is -2.19. The quantitative estimate of drug-likeness (QED) is 0.856. The first-order chi connectivity index (χ1) is 12.3. The number of carboxylic acids is 1. The lowest BCUT2D eigenvalue weighted by molar-refractivity contribution is -0.149. The highest BCUT2D eigenvalue weighted by Gasteiger charge is 2.47. The molecule has 1 heterocycles. The van der Waals surface area contributed by atoms with Crippen LogP contribution in [0.5, 0.6) is 0 Å². The Balaban J connectivity index is 1.90. The topological polar surface area (TPSA) is 74.7 Å². The van der Waals surface area contributed by atoms with Crippen molar-refractivity contribution in [2.45, 2.75) is 19.0 Å². The molecule has 0 spiro atoms. The maximum Gasteiger partial charge on any atom is 0.343 e. The van der Waals surface area contributed by atoms with Crippen molar-refractivity contribution in [3.63, 3.8) is 0 Å². The molecule has 5 nitrogen and oxygen atoms in total. The van der Waals surface area contributed by atoms with Crippen molar-refractivity contribution in [1.82, 2.24) is 4.90 Å². The van der Waals surface area contributed by atoms with Gasteiger partial charge >= 0.3 is 5.97 Å². The van der Waals surface area contributed by atoms with Crippen LogP contribution in [0.2, 0.25) is 0 Å². The van der Waals surface area contributed by atoms with Crippen molar-refractivity contribution in [3.05, 3.63) is 70.8 Å².